The summed E-state index contributed by atoms with van der Waals surface area (Å²) in [5.74, 6) is -0.211. The number of allylic oxidation sites excluding steroid dienone is 3. The number of hydrogen-bond acceptors (Lipinski definition) is 6. The molecular formula is C39H77N2O6P. The average molecular weight is 701 g/mol. The molecule has 0 bridgehead atoms. The molecule has 9 heteroatoms. The summed E-state index contributed by atoms with van der Waals surface area (Å²) in [5.41, 5.74) is 0. The Kier molecular flexibility index (Phi) is 31.2. The van der Waals surface area contributed by atoms with Gasteiger partial charge in [0.05, 0.1) is 39.9 Å². The van der Waals surface area contributed by atoms with Crippen LogP contribution in [0.1, 0.15) is 168 Å². The number of carbonyl (C=O) groups is 1. The molecule has 0 radical (unpaired) electrons. The van der Waals surface area contributed by atoms with Crippen LogP contribution in [0.25, 0.3) is 0 Å². The first-order chi connectivity index (χ1) is 23.0. The van der Waals surface area contributed by atoms with Crippen LogP contribution in [0.15, 0.2) is 24.3 Å². The summed E-state index contributed by atoms with van der Waals surface area (Å²) in [6.07, 6.45) is 35.1. The number of aliphatic hydroxyl groups is 1. The second-order valence-electron chi connectivity index (χ2n) is 14.6. The molecule has 2 N–H and O–H groups in total. The number of carbonyl (C=O) groups excluding carboxylic acids is 1. The SMILES string of the molecule is CCC/C=C\CCCCCCCC(=O)NC(COP(=O)([O-])OCC[N+](C)(C)C)C(O)/C=C/CCCCCCCCCCCCCCCC. The minimum atomic E-state index is -4.58. The van der Waals surface area contributed by atoms with E-state index in [9.17, 15) is 19.4 Å². The molecule has 0 aliphatic carbocycles. The average Bonchev–Trinajstić information content (AvgIpc) is 3.02. The molecule has 284 valence electrons. The van der Waals surface area contributed by atoms with E-state index in [0.29, 0.717) is 17.4 Å². The Bertz CT molecular complexity index is 845. The molecule has 0 rings (SSSR count). The maximum Gasteiger partial charge on any atom is 0.268 e. The van der Waals surface area contributed by atoms with Crippen LogP contribution in [0.4, 0.5) is 0 Å². The lowest BCUT2D eigenvalue weighted by atomic mass is 10.0. The van der Waals surface area contributed by atoms with Gasteiger partial charge in [0.15, 0.2) is 0 Å². The third-order valence-electron chi connectivity index (χ3n) is 8.64. The quantitative estimate of drug-likeness (QED) is 0.0295. The van der Waals surface area contributed by atoms with Gasteiger partial charge in [-0.05, 0) is 38.5 Å². The van der Waals surface area contributed by atoms with Gasteiger partial charge in [-0.2, -0.15) is 0 Å². The fourth-order valence-electron chi connectivity index (χ4n) is 5.45. The second kappa shape index (κ2) is 31.9. The monoisotopic (exact) mass is 701 g/mol. The number of phosphoric acid groups is 1. The largest absolute Gasteiger partial charge is 0.756 e. The molecule has 1 amide bonds. The molecule has 8 nitrogen and oxygen atoms in total. The lowest BCUT2D eigenvalue weighted by molar-refractivity contribution is -0.870. The third-order valence-corrected chi connectivity index (χ3v) is 9.60. The maximum absolute atomic E-state index is 12.7. The van der Waals surface area contributed by atoms with Gasteiger partial charge >= 0.3 is 0 Å². The molecule has 0 saturated heterocycles. The molecule has 0 spiro atoms. The van der Waals surface area contributed by atoms with Crippen LogP contribution in [0.5, 0.6) is 0 Å². The Morgan fingerprint density at radius 3 is 1.71 bits per heavy atom. The molecule has 3 atom stereocenters. The van der Waals surface area contributed by atoms with Crippen molar-refractivity contribution in [3.8, 4) is 0 Å². The van der Waals surface area contributed by atoms with Gasteiger partial charge in [0.1, 0.15) is 13.2 Å². The number of unbranched alkanes of at least 4 members (excludes halogenated alkanes) is 20. The molecule has 48 heavy (non-hydrogen) atoms. The number of aliphatic hydroxyl groups excluding tert-OH is 1. The number of hydrogen-bond donors (Lipinski definition) is 2. The van der Waals surface area contributed by atoms with Crippen LogP contribution < -0.4 is 10.2 Å². The molecule has 0 saturated carbocycles. The van der Waals surface area contributed by atoms with E-state index in [0.717, 1.165) is 64.2 Å². The zero-order valence-electron chi connectivity index (χ0n) is 31.9. The molecule has 0 heterocycles. The first-order valence-corrected chi connectivity index (χ1v) is 21.2. The number of nitrogens with one attached hydrogen (secondary N) is 1. The summed E-state index contributed by atoms with van der Waals surface area (Å²) in [4.78, 5) is 25.1. The third kappa shape index (κ3) is 33.5. The fraction of sp³-hybridized carbons (Fsp3) is 0.872. The highest BCUT2D eigenvalue weighted by Crippen LogP contribution is 2.38. The van der Waals surface area contributed by atoms with Crippen LogP contribution in [-0.4, -0.2) is 68.5 Å². The minimum absolute atomic E-state index is 0.00200. The van der Waals surface area contributed by atoms with E-state index in [2.05, 4.69) is 31.3 Å². The van der Waals surface area contributed by atoms with E-state index in [1.165, 1.54) is 83.5 Å². The summed E-state index contributed by atoms with van der Waals surface area (Å²) in [6, 6.07) is -0.885. The number of nitrogens with zero attached hydrogens (tertiary/aromatic N) is 1. The van der Waals surface area contributed by atoms with Crippen LogP contribution in [0.3, 0.4) is 0 Å². The Balaban J connectivity index is 4.50. The summed E-state index contributed by atoms with van der Waals surface area (Å²) in [6.45, 7) is 4.56. The van der Waals surface area contributed by atoms with Gasteiger partial charge in [-0.1, -0.05) is 147 Å². The zero-order valence-corrected chi connectivity index (χ0v) is 32.8. The number of quaternary nitrogens is 1. The Morgan fingerprint density at radius 2 is 1.19 bits per heavy atom. The highest BCUT2D eigenvalue weighted by atomic mass is 31.2. The van der Waals surface area contributed by atoms with Crippen molar-refractivity contribution in [1.82, 2.24) is 5.32 Å². The van der Waals surface area contributed by atoms with Crippen molar-refractivity contribution in [3.05, 3.63) is 24.3 Å². The Labute approximate surface area is 296 Å². The van der Waals surface area contributed by atoms with Crippen LogP contribution in [0.2, 0.25) is 0 Å². The first kappa shape index (κ1) is 47.0. The van der Waals surface area contributed by atoms with Gasteiger partial charge in [-0.25, -0.2) is 0 Å². The highest BCUT2D eigenvalue weighted by Gasteiger charge is 2.23. The van der Waals surface area contributed by atoms with Gasteiger partial charge in [-0.3, -0.25) is 9.36 Å². The van der Waals surface area contributed by atoms with E-state index in [1.807, 2.05) is 27.2 Å². The van der Waals surface area contributed by atoms with Crippen molar-refractivity contribution in [2.75, 3.05) is 40.9 Å². The Morgan fingerprint density at radius 1 is 0.708 bits per heavy atom. The zero-order chi connectivity index (χ0) is 35.8. The van der Waals surface area contributed by atoms with Crippen LogP contribution in [-0.2, 0) is 18.4 Å². The van der Waals surface area contributed by atoms with Crippen molar-refractivity contribution in [3.63, 3.8) is 0 Å². The second-order valence-corrected chi connectivity index (χ2v) is 16.0. The smallest absolute Gasteiger partial charge is 0.268 e. The van der Waals surface area contributed by atoms with Crippen molar-refractivity contribution in [1.29, 1.82) is 0 Å². The summed E-state index contributed by atoms with van der Waals surface area (Å²) in [5, 5.41) is 13.7. The highest BCUT2D eigenvalue weighted by molar-refractivity contribution is 7.45. The van der Waals surface area contributed by atoms with Crippen molar-refractivity contribution in [2.45, 2.75) is 180 Å². The van der Waals surface area contributed by atoms with Crippen molar-refractivity contribution < 1.29 is 32.9 Å². The standard InChI is InChI=1S/C39H77N2O6P/c1-6-8-10-12-14-16-18-19-20-21-22-23-24-26-28-30-32-38(42)37(36-47-48(44,45)46-35-34-41(3,4)5)40-39(43)33-31-29-27-25-17-15-13-11-9-7-2/h11,13,30,32,37-38,42H,6-10,12,14-29,31,33-36H2,1-5H3,(H-,40,43,44,45)/b13-11-,32-30+. The summed E-state index contributed by atoms with van der Waals surface area (Å²) >= 11 is 0. The Hall–Kier alpha value is -1.02. The lowest BCUT2D eigenvalue weighted by Crippen LogP contribution is -2.45. The minimum Gasteiger partial charge on any atom is -0.756 e. The number of likely N-dealkylation sites (N-methyl/N-ethyl adjacent to an activating group) is 1. The number of amides is 1. The van der Waals surface area contributed by atoms with Crippen molar-refractivity contribution in [2.24, 2.45) is 0 Å². The molecule has 3 unspecified atom stereocenters. The van der Waals surface area contributed by atoms with E-state index in [1.54, 1.807) is 6.08 Å². The maximum atomic E-state index is 12.7. The van der Waals surface area contributed by atoms with E-state index in [-0.39, 0.29) is 19.1 Å². The van der Waals surface area contributed by atoms with Gasteiger partial charge < -0.3 is 28.8 Å². The molecule has 0 aromatic heterocycles. The van der Waals surface area contributed by atoms with Gasteiger partial charge in [-0.15, -0.1) is 0 Å². The summed E-state index contributed by atoms with van der Waals surface area (Å²) < 4.78 is 23.1. The number of phosphoric ester groups is 1. The van der Waals surface area contributed by atoms with Crippen molar-refractivity contribution >= 4 is 13.7 Å². The molecule has 0 aromatic rings. The normalized spacial score (nSPS) is 14.9. The number of rotatable bonds is 35. The first-order valence-electron chi connectivity index (χ1n) is 19.7. The van der Waals surface area contributed by atoms with Gasteiger partial charge in [0, 0.05) is 6.42 Å². The molecule has 0 aliphatic heterocycles. The molecule has 0 aromatic carbocycles. The van der Waals surface area contributed by atoms with E-state index < -0.39 is 20.0 Å². The van der Waals surface area contributed by atoms with E-state index >= 15 is 0 Å². The topological polar surface area (TPSA) is 108 Å². The van der Waals surface area contributed by atoms with Gasteiger partial charge in [0.25, 0.3) is 7.82 Å². The van der Waals surface area contributed by atoms with E-state index in [4.69, 9.17) is 9.05 Å². The fourth-order valence-corrected chi connectivity index (χ4v) is 6.17. The molecular weight excluding hydrogens is 623 g/mol. The van der Waals surface area contributed by atoms with Crippen LogP contribution in [0, 0.1) is 0 Å². The lowest BCUT2D eigenvalue weighted by Gasteiger charge is -2.29. The summed E-state index contributed by atoms with van der Waals surface area (Å²) in [7, 11) is 1.25. The predicted octanol–water partition coefficient (Wildman–Crippen LogP) is 9.55. The molecule has 0 aliphatic rings. The van der Waals surface area contributed by atoms with Crippen LogP contribution >= 0.6 is 7.82 Å². The predicted molar refractivity (Wildman–Crippen MR) is 201 cm³/mol. The van der Waals surface area contributed by atoms with Gasteiger partial charge in [0.2, 0.25) is 5.91 Å². The molecule has 0 fully saturated rings.